The van der Waals surface area contributed by atoms with Gasteiger partial charge in [-0.2, -0.15) is 0 Å². The van der Waals surface area contributed by atoms with Crippen LogP contribution >= 0.6 is 0 Å². The van der Waals surface area contributed by atoms with Crippen LogP contribution in [0.4, 0.5) is 11.4 Å². The van der Waals surface area contributed by atoms with Crippen molar-refractivity contribution in [1.82, 2.24) is 9.97 Å². The van der Waals surface area contributed by atoms with Crippen molar-refractivity contribution in [3.63, 3.8) is 0 Å². The summed E-state index contributed by atoms with van der Waals surface area (Å²) < 4.78 is 0. The van der Waals surface area contributed by atoms with Gasteiger partial charge in [-0.15, -0.1) is 0 Å². The number of aromatic amines is 2. The second-order valence-electron chi connectivity index (χ2n) is 5.86. The summed E-state index contributed by atoms with van der Waals surface area (Å²) in [5, 5.41) is 0. The molecule has 0 aliphatic heterocycles. The minimum Gasteiger partial charge on any atom is -0.360 e. The molecule has 4 heteroatoms. The number of H-pyrrole nitrogens is 2. The van der Waals surface area contributed by atoms with E-state index in [1.165, 1.54) is 0 Å². The summed E-state index contributed by atoms with van der Waals surface area (Å²) >= 11 is 0. The molecule has 4 nitrogen and oxygen atoms in total. The molecule has 2 N–H and O–H groups in total. The first kappa shape index (κ1) is 15.8. The second kappa shape index (κ2) is 7.49. The van der Waals surface area contributed by atoms with Crippen LogP contribution in [0.5, 0.6) is 0 Å². The van der Waals surface area contributed by atoms with Crippen molar-refractivity contribution in [2.75, 3.05) is 0 Å². The van der Waals surface area contributed by atoms with Gasteiger partial charge in [-0.1, -0.05) is 24.3 Å². The Morgan fingerprint density at radius 2 is 0.962 bits per heavy atom. The molecule has 26 heavy (non-hydrogen) atoms. The third-order valence-corrected chi connectivity index (χ3v) is 4.02. The van der Waals surface area contributed by atoms with Gasteiger partial charge in [0.1, 0.15) is 0 Å². The molecule has 0 unspecified atom stereocenters. The number of hydrogen-bond acceptors (Lipinski definition) is 2. The lowest BCUT2D eigenvalue weighted by atomic mass is 10.1. The van der Waals surface area contributed by atoms with E-state index in [1.807, 2.05) is 73.4 Å². The van der Waals surface area contributed by atoms with E-state index in [9.17, 15) is 0 Å². The molecule has 0 atom stereocenters. The summed E-state index contributed by atoms with van der Waals surface area (Å²) in [5.74, 6) is 0. The summed E-state index contributed by atoms with van der Waals surface area (Å²) in [6.07, 6.45) is 7.42. The van der Waals surface area contributed by atoms with Gasteiger partial charge < -0.3 is 9.97 Å². The molecule has 0 radical (unpaired) electrons. The molecule has 0 spiro atoms. The van der Waals surface area contributed by atoms with E-state index in [-0.39, 0.29) is 0 Å². The van der Waals surface area contributed by atoms with E-state index >= 15 is 0 Å². The zero-order chi connectivity index (χ0) is 17.6. The van der Waals surface area contributed by atoms with Gasteiger partial charge in [-0.05, 0) is 59.7 Å². The summed E-state index contributed by atoms with van der Waals surface area (Å²) in [6.45, 7) is 0. The lowest BCUT2D eigenvalue weighted by Crippen LogP contribution is -1.80. The number of nitrogens with one attached hydrogen (secondary N) is 2. The van der Waals surface area contributed by atoms with Crippen molar-refractivity contribution in [2.24, 2.45) is 9.98 Å². The van der Waals surface area contributed by atoms with Gasteiger partial charge in [0.2, 0.25) is 0 Å². The molecular formula is C22H18N4. The summed E-state index contributed by atoms with van der Waals surface area (Å²) in [4.78, 5) is 15.1. The Labute approximate surface area is 152 Å². The maximum atomic E-state index is 4.47. The molecule has 0 amide bonds. The van der Waals surface area contributed by atoms with Crippen molar-refractivity contribution in [3.05, 3.63) is 96.6 Å². The zero-order valence-corrected chi connectivity index (χ0v) is 14.1. The Kier molecular flexibility index (Phi) is 4.56. The first-order chi connectivity index (χ1) is 12.9. The fourth-order valence-corrected chi connectivity index (χ4v) is 2.62. The zero-order valence-electron chi connectivity index (χ0n) is 14.1. The van der Waals surface area contributed by atoms with E-state index in [4.69, 9.17) is 0 Å². The molecule has 0 aliphatic rings. The van der Waals surface area contributed by atoms with Gasteiger partial charge in [0.15, 0.2) is 0 Å². The van der Waals surface area contributed by atoms with Gasteiger partial charge in [-0.3, -0.25) is 9.98 Å². The molecule has 0 saturated heterocycles. The Hall–Kier alpha value is -3.66. The molecule has 2 aromatic carbocycles. The van der Waals surface area contributed by atoms with Crippen molar-refractivity contribution in [1.29, 1.82) is 0 Å². The van der Waals surface area contributed by atoms with Gasteiger partial charge in [0.05, 0.1) is 35.2 Å². The maximum absolute atomic E-state index is 4.47. The molecule has 0 saturated carbocycles. The Balaban J connectivity index is 1.45. The monoisotopic (exact) mass is 338 g/mol. The predicted octanol–water partition coefficient (Wildman–Crippen LogP) is 5.51. The van der Waals surface area contributed by atoms with Gasteiger partial charge in [0, 0.05) is 12.4 Å². The Bertz CT molecular complexity index is 905. The molecule has 0 fully saturated rings. The normalized spacial score (nSPS) is 11.5. The van der Waals surface area contributed by atoms with Crippen LogP contribution in [0.1, 0.15) is 11.4 Å². The van der Waals surface area contributed by atoms with Crippen LogP contribution in [-0.2, 0) is 0 Å². The average Bonchev–Trinajstić information content (AvgIpc) is 3.40. The quantitative estimate of drug-likeness (QED) is 0.451. The summed E-state index contributed by atoms with van der Waals surface area (Å²) in [5.41, 5.74) is 6.15. The molecule has 2 heterocycles. The Morgan fingerprint density at radius 1 is 0.538 bits per heavy atom. The van der Waals surface area contributed by atoms with Crippen LogP contribution < -0.4 is 0 Å². The maximum Gasteiger partial charge on any atom is 0.0630 e. The molecule has 4 aromatic rings. The molecule has 0 bridgehead atoms. The van der Waals surface area contributed by atoms with Crippen LogP contribution in [0.25, 0.3) is 11.1 Å². The van der Waals surface area contributed by atoms with E-state index in [0.717, 1.165) is 33.9 Å². The highest BCUT2D eigenvalue weighted by Crippen LogP contribution is 2.25. The molecule has 0 aliphatic carbocycles. The van der Waals surface area contributed by atoms with Crippen LogP contribution in [-0.4, -0.2) is 22.4 Å². The lowest BCUT2D eigenvalue weighted by Gasteiger charge is -2.03. The van der Waals surface area contributed by atoms with Crippen molar-refractivity contribution in [3.8, 4) is 11.1 Å². The van der Waals surface area contributed by atoms with E-state index in [1.54, 1.807) is 0 Å². The van der Waals surface area contributed by atoms with Gasteiger partial charge in [0.25, 0.3) is 0 Å². The first-order valence-corrected chi connectivity index (χ1v) is 8.42. The van der Waals surface area contributed by atoms with Crippen molar-refractivity contribution >= 4 is 23.8 Å². The van der Waals surface area contributed by atoms with Gasteiger partial charge in [-0.25, -0.2) is 0 Å². The van der Waals surface area contributed by atoms with E-state index in [0.29, 0.717) is 0 Å². The second-order valence-corrected chi connectivity index (χ2v) is 5.86. The number of aromatic nitrogens is 2. The molecule has 126 valence electrons. The highest BCUT2D eigenvalue weighted by atomic mass is 14.8. The van der Waals surface area contributed by atoms with Crippen molar-refractivity contribution in [2.45, 2.75) is 0 Å². The number of benzene rings is 2. The minimum atomic E-state index is 0.926. The van der Waals surface area contributed by atoms with Gasteiger partial charge >= 0.3 is 0 Å². The van der Waals surface area contributed by atoms with Crippen LogP contribution in [0.15, 0.2) is 95.2 Å². The average molecular weight is 338 g/mol. The number of nitrogens with zero attached hydrogens (tertiary/aromatic N) is 2. The summed E-state index contributed by atoms with van der Waals surface area (Å²) in [6, 6.07) is 24.3. The largest absolute Gasteiger partial charge is 0.360 e. The third-order valence-electron chi connectivity index (χ3n) is 4.02. The third kappa shape index (κ3) is 3.87. The fourth-order valence-electron chi connectivity index (χ4n) is 2.62. The van der Waals surface area contributed by atoms with Crippen molar-refractivity contribution < 1.29 is 0 Å². The molecule has 4 rings (SSSR count). The van der Waals surface area contributed by atoms with E-state index in [2.05, 4.69) is 44.2 Å². The van der Waals surface area contributed by atoms with Crippen LogP contribution in [0.3, 0.4) is 0 Å². The van der Waals surface area contributed by atoms with E-state index < -0.39 is 0 Å². The van der Waals surface area contributed by atoms with Crippen LogP contribution in [0, 0.1) is 0 Å². The number of aliphatic imine (C=N–C) groups is 2. The smallest absolute Gasteiger partial charge is 0.0630 e. The predicted molar refractivity (Wildman–Crippen MR) is 108 cm³/mol. The minimum absolute atomic E-state index is 0.926. The van der Waals surface area contributed by atoms with Crippen LogP contribution in [0.2, 0.25) is 0 Å². The first-order valence-electron chi connectivity index (χ1n) is 8.42. The standard InChI is InChI=1S/C22H18N4/c1-3-21(23-13-1)15-25-19-9-5-17(6-10-19)18-7-11-20(12-8-18)26-16-22-4-2-14-24-22/h1-16,23-24H. The molecular weight excluding hydrogens is 320 g/mol. The fraction of sp³-hybridized carbons (Fsp3) is 0. The Morgan fingerprint density at radius 3 is 1.31 bits per heavy atom. The topological polar surface area (TPSA) is 56.3 Å². The highest BCUT2D eigenvalue weighted by Gasteiger charge is 1.98. The number of hydrogen-bond donors (Lipinski definition) is 2. The number of rotatable bonds is 5. The SMILES string of the molecule is C(=Nc1ccc(-c2ccc(N=Cc3ccc[nH]3)cc2)cc1)c1ccc[nH]1. The lowest BCUT2D eigenvalue weighted by molar-refractivity contribution is 1.38. The molecule has 2 aromatic heterocycles. The summed E-state index contributed by atoms with van der Waals surface area (Å²) in [7, 11) is 0. The highest BCUT2D eigenvalue weighted by molar-refractivity contribution is 5.81.